The lowest BCUT2D eigenvalue weighted by molar-refractivity contribution is 0.176. The molecule has 0 aromatic heterocycles. The minimum absolute atomic E-state index is 0.0139. The number of hydrogen-bond acceptors (Lipinski definition) is 1. The fourth-order valence-corrected chi connectivity index (χ4v) is 0.796. The van der Waals surface area contributed by atoms with Gasteiger partial charge in [-0.2, -0.15) is 0 Å². The van der Waals surface area contributed by atoms with Crippen molar-refractivity contribution in [1.29, 1.82) is 0 Å². The summed E-state index contributed by atoms with van der Waals surface area (Å²) in [5.41, 5.74) is 4.54. The average molecular weight is 147 g/mol. The van der Waals surface area contributed by atoms with Gasteiger partial charge in [-0.05, 0) is 26.2 Å². The van der Waals surface area contributed by atoms with Gasteiger partial charge in [0.1, 0.15) is 5.67 Å². The summed E-state index contributed by atoms with van der Waals surface area (Å²) in [5, 5.41) is 0. The van der Waals surface area contributed by atoms with E-state index >= 15 is 0 Å². The second-order valence-corrected chi connectivity index (χ2v) is 3.83. The molecule has 0 heterocycles. The summed E-state index contributed by atoms with van der Waals surface area (Å²) in [4.78, 5) is 0. The summed E-state index contributed by atoms with van der Waals surface area (Å²) < 4.78 is 12.9. The van der Waals surface area contributed by atoms with Crippen molar-refractivity contribution in [2.75, 3.05) is 0 Å². The van der Waals surface area contributed by atoms with Crippen molar-refractivity contribution in [2.45, 2.75) is 45.8 Å². The van der Waals surface area contributed by atoms with Crippen LogP contribution in [0.25, 0.3) is 0 Å². The molecule has 0 aromatic rings. The Bertz CT molecular complexity index is 93.9. The first-order chi connectivity index (χ1) is 4.33. The number of hydrogen-bond donors (Lipinski definition) is 1. The summed E-state index contributed by atoms with van der Waals surface area (Å²) >= 11 is 0. The Kier molecular flexibility index (Phi) is 3.29. The van der Waals surface area contributed by atoms with Crippen molar-refractivity contribution in [1.82, 2.24) is 0 Å². The molecule has 1 nitrogen and oxygen atoms in total. The zero-order chi connectivity index (χ0) is 8.36. The quantitative estimate of drug-likeness (QED) is 0.650. The van der Waals surface area contributed by atoms with E-state index in [1.54, 1.807) is 13.8 Å². The van der Waals surface area contributed by atoms with Crippen LogP contribution in [0.3, 0.4) is 0 Å². The zero-order valence-electron chi connectivity index (χ0n) is 7.32. The van der Waals surface area contributed by atoms with Crippen molar-refractivity contribution in [2.24, 2.45) is 11.7 Å². The summed E-state index contributed by atoms with van der Waals surface area (Å²) in [7, 11) is 0. The average Bonchev–Trinajstić information content (AvgIpc) is 1.60. The SMILES string of the molecule is CC(C)C(N)CC(C)(C)F. The van der Waals surface area contributed by atoms with Crippen LogP contribution in [0.2, 0.25) is 0 Å². The molecule has 0 bridgehead atoms. The van der Waals surface area contributed by atoms with Gasteiger partial charge in [0, 0.05) is 6.04 Å². The number of nitrogens with two attached hydrogens (primary N) is 1. The van der Waals surface area contributed by atoms with E-state index in [-0.39, 0.29) is 6.04 Å². The van der Waals surface area contributed by atoms with Crippen LogP contribution in [0.4, 0.5) is 4.39 Å². The van der Waals surface area contributed by atoms with Gasteiger partial charge in [-0.25, -0.2) is 4.39 Å². The monoisotopic (exact) mass is 147 g/mol. The Hall–Kier alpha value is -0.110. The molecule has 2 N–H and O–H groups in total. The summed E-state index contributed by atoms with van der Waals surface area (Å²) in [5.74, 6) is 0.370. The summed E-state index contributed by atoms with van der Waals surface area (Å²) in [6.07, 6.45) is 0.449. The first-order valence-corrected chi connectivity index (χ1v) is 3.77. The van der Waals surface area contributed by atoms with Crippen LogP contribution in [-0.4, -0.2) is 11.7 Å². The van der Waals surface area contributed by atoms with E-state index in [1.807, 2.05) is 13.8 Å². The standard InChI is InChI=1S/C8H18FN/c1-6(2)7(10)5-8(3,4)9/h6-7H,5,10H2,1-4H3. The van der Waals surface area contributed by atoms with Crippen LogP contribution in [-0.2, 0) is 0 Å². The molecule has 62 valence electrons. The molecule has 0 radical (unpaired) electrons. The van der Waals surface area contributed by atoms with Crippen LogP contribution < -0.4 is 5.73 Å². The Morgan fingerprint density at radius 3 is 1.90 bits per heavy atom. The Morgan fingerprint density at radius 2 is 1.80 bits per heavy atom. The molecule has 0 saturated heterocycles. The fourth-order valence-electron chi connectivity index (χ4n) is 0.796. The predicted octanol–water partition coefficient (Wildman–Crippen LogP) is 2.11. The minimum Gasteiger partial charge on any atom is -0.327 e. The van der Waals surface area contributed by atoms with Gasteiger partial charge in [0.2, 0.25) is 0 Å². The third-order valence-electron chi connectivity index (χ3n) is 1.58. The van der Waals surface area contributed by atoms with Gasteiger partial charge in [0.15, 0.2) is 0 Å². The molecule has 2 heteroatoms. The molecule has 0 fully saturated rings. The molecule has 0 saturated carbocycles. The minimum atomic E-state index is -1.12. The molecule has 0 aromatic carbocycles. The Labute approximate surface area is 62.8 Å². The van der Waals surface area contributed by atoms with E-state index in [1.165, 1.54) is 0 Å². The third kappa shape index (κ3) is 4.74. The maximum atomic E-state index is 12.9. The molecular formula is C8H18FN. The molecule has 0 aliphatic rings. The van der Waals surface area contributed by atoms with Crippen molar-refractivity contribution >= 4 is 0 Å². The van der Waals surface area contributed by atoms with Crippen molar-refractivity contribution in [3.05, 3.63) is 0 Å². The highest BCUT2D eigenvalue weighted by atomic mass is 19.1. The van der Waals surface area contributed by atoms with Gasteiger partial charge < -0.3 is 5.73 Å². The van der Waals surface area contributed by atoms with Gasteiger partial charge in [-0.15, -0.1) is 0 Å². The summed E-state index contributed by atoms with van der Waals surface area (Å²) in [6, 6.07) is -0.0139. The van der Waals surface area contributed by atoms with Gasteiger partial charge >= 0.3 is 0 Å². The molecule has 10 heavy (non-hydrogen) atoms. The van der Waals surface area contributed by atoms with E-state index < -0.39 is 5.67 Å². The molecule has 1 atom stereocenters. The molecule has 0 aliphatic carbocycles. The normalized spacial score (nSPS) is 15.9. The Balaban J connectivity index is 3.68. The molecule has 1 unspecified atom stereocenters. The second-order valence-electron chi connectivity index (χ2n) is 3.83. The third-order valence-corrected chi connectivity index (χ3v) is 1.58. The van der Waals surface area contributed by atoms with Crippen molar-refractivity contribution < 1.29 is 4.39 Å². The van der Waals surface area contributed by atoms with Crippen LogP contribution in [0.5, 0.6) is 0 Å². The first-order valence-electron chi connectivity index (χ1n) is 3.77. The topological polar surface area (TPSA) is 26.0 Å². The summed E-state index contributed by atoms with van der Waals surface area (Å²) in [6.45, 7) is 7.15. The number of halogens is 1. The van der Waals surface area contributed by atoms with Crippen molar-refractivity contribution in [3.63, 3.8) is 0 Å². The number of alkyl halides is 1. The molecule has 0 rings (SSSR count). The zero-order valence-corrected chi connectivity index (χ0v) is 7.32. The maximum Gasteiger partial charge on any atom is 0.107 e. The highest BCUT2D eigenvalue weighted by molar-refractivity contribution is 4.76. The van der Waals surface area contributed by atoms with E-state index in [0.29, 0.717) is 12.3 Å². The van der Waals surface area contributed by atoms with Crippen LogP contribution in [0, 0.1) is 5.92 Å². The highest BCUT2D eigenvalue weighted by Crippen LogP contribution is 2.18. The fraction of sp³-hybridized carbons (Fsp3) is 1.00. The van der Waals surface area contributed by atoms with E-state index in [0.717, 1.165) is 0 Å². The smallest absolute Gasteiger partial charge is 0.107 e. The highest BCUT2D eigenvalue weighted by Gasteiger charge is 2.21. The van der Waals surface area contributed by atoms with E-state index in [4.69, 9.17) is 5.73 Å². The number of rotatable bonds is 3. The van der Waals surface area contributed by atoms with Gasteiger partial charge in [-0.3, -0.25) is 0 Å². The molecule has 0 aliphatic heterocycles. The van der Waals surface area contributed by atoms with Gasteiger partial charge in [0.05, 0.1) is 0 Å². The lowest BCUT2D eigenvalue weighted by Gasteiger charge is -2.22. The molecule has 0 spiro atoms. The van der Waals surface area contributed by atoms with Crippen molar-refractivity contribution in [3.8, 4) is 0 Å². The lowest BCUT2D eigenvalue weighted by atomic mass is 9.94. The van der Waals surface area contributed by atoms with Gasteiger partial charge in [0.25, 0.3) is 0 Å². The van der Waals surface area contributed by atoms with Crippen LogP contribution >= 0.6 is 0 Å². The second kappa shape index (κ2) is 3.33. The van der Waals surface area contributed by atoms with Gasteiger partial charge in [-0.1, -0.05) is 13.8 Å². The maximum absolute atomic E-state index is 12.9. The molecule has 0 amide bonds. The largest absolute Gasteiger partial charge is 0.327 e. The van der Waals surface area contributed by atoms with Crippen LogP contribution in [0.15, 0.2) is 0 Å². The Morgan fingerprint density at radius 1 is 1.40 bits per heavy atom. The lowest BCUT2D eigenvalue weighted by Crippen LogP contribution is -2.33. The van der Waals surface area contributed by atoms with E-state index in [2.05, 4.69) is 0 Å². The predicted molar refractivity (Wildman–Crippen MR) is 42.6 cm³/mol. The van der Waals surface area contributed by atoms with Crippen LogP contribution in [0.1, 0.15) is 34.1 Å². The van der Waals surface area contributed by atoms with E-state index in [9.17, 15) is 4.39 Å². The first kappa shape index (κ1) is 9.89. The molecular weight excluding hydrogens is 129 g/mol.